The quantitative estimate of drug-likeness (QED) is 0.464. The summed E-state index contributed by atoms with van der Waals surface area (Å²) in [6, 6.07) is 14.7. The number of nitrogens with two attached hydrogens (primary N) is 1. The Balaban J connectivity index is 1.40. The average Bonchev–Trinajstić information content (AvgIpc) is 2.84. The summed E-state index contributed by atoms with van der Waals surface area (Å²) >= 11 is 0. The normalized spacial score (nSPS) is 15.6. The van der Waals surface area contributed by atoms with Crippen molar-refractivity contribution in [2.24, 2.45) is 5.73 Å². The number of hydrogen-bond acceptors (Lipinski definition) is 5. The second kappa shape index (κ2) is 10.7. The minimum Gasteiger partial charge on any atom is -0.501 e. The van der Waals surface area contributed by atoms with Gasteiger partial charge in [-0.3, -0.25) is 19.5 Å². The number of benzene rings is 2. The Morgan fingerprint density at radius 3 is 2.57 bits per heavy atom. The summed E-state index contributed by atoms with van der Waals surface area (Å²) in [5.41, 5.74) is 7.42. The van der Waals surface area contributed by atoms with Gasteiger partial charge in [0.1, 0.15) is 21.4 Å². The van der Waals surface area contributed by atoms with Crippen molar-refractivity contribution < 1.29 is 23.1 Å². The van der Waals surface area contributed by atoms with E-state index in [1.165, 1.54) is 18.5 Å². The summed E-state index contributed by atoms with van der Waals surface area (Å²) in [4.78, 5) is 29.8. The van der Waals surface area contributed by atoms with Gasteiger partial charge in [-0.2, -0.15) is 0 Å². The molecule has 3 N–H and O–H groups in total. The van der Waals surface area contributed by atoms with Crippen LogP contribution in [0, 0.1) is 0 Å². The third-order valence-electron chi connectivity index (χ3n) is 5.95. The number of carbonyl (C=O) groups is 2. The maximum Gasteiger partial charge on any atom is 0.260 e. The first-order valence-electron chi connectivity index (χ1n) is 11.6. The number of carbonyl (C=O) groups excluding carboxylic acids is 2. The highest BCUT2D eigenvalue weighted by Gasteiger charge is 2.34. The Bertz CT molecular complexity index is 1290. The van der Waals surface area contributed by atoms with E-state index in [1.807, 2.05) is 0 Å². The van der Waals surface area contributed by atoms with E-state index in [-0.39, 0.29) is 30.2 Å². The van der Waals surface area contributed by atoms with Gasteiger partial charge < -0.3 is 15.8 Å². The standard InChI is InChI=1S/C26H24B2F2N4O3/c27-26(28,37-22-11-19(23(31)35)13-32-14-22)20-3-1-4-21(12-20)33-24(36)18-7-5-17(6-8-18)15-34-10-2-9-25(29,30)16-34/h1,3-8,11-14H,2,9-10,15-16H2,(H2,31,35)(H,33,36). The van der Waals surface area contributed by atoms with Gasteiger partial charge in [-0.15, -0.1) is 0 Å². The molecule has 0 spiro atoms. The number of amides is 2. The number of nitrogens with one attached hydrogen (secondary N) is 1. The fraction of sp³-hybridized carbons (Fsp3) is 0.269. The molecule has 1 saturated heterocycles. The SMILES string of the molecule is [B]C([B])(Oc1cncc(C(N)=O)c1)c1cccc(NC(=O)c2ccc(CN3CCCC(F)(F)C3)cc2)c1. The summed E-state index contributed by atoms with van der Waals surface area (Å²) in [6.45, 7) is 0.757. The molecule has 1 fully saturated rings. The zero-order chi connectivity index (χ0) is 26.6. The van der Waals surface area contributed by atoms with Crippen LogP contribution < -0.4 is 15.8 Å². The molecule has 1 aliphatic heterocycles. The summed E-state index contributed by atoms with van der Waals surface area (Å²) in [5.74, 6) is -3.56. The summed E-state index contributed by atoms with van der Waals surface area (Å²) in [7, 11) is 12.3. The van der Waals surface area contributed by atoms with Gasteiger partial charge in [-0.1, -0.05) is 24.3 Å². The van der Waals surface area contributed by atoms with E-state index in [4.69, 9.17) is 26.2 Å². The fourth-order valence-electron chi connectivity index (χ4n) is 4.11. The topological polar surface area (TPSA) is 97.5 Å². The van der Waals surface area contributed by atoms with E-state index in [1.54, 1.807) is 53.4 Å². The van der Waals surface area contributed by atoms with Gasteiger partial charge >= 0.3 is 0 Å². The number of pyridine rings is 1. The molecular weight excluding hydrogens is 476 g/mol. The molecule has 4 rings (SSSR count). The van der Waals surface area contributed by atoms with Gasteiger partial charge in [0.05, 0.1) is 18.3 Å². The average molecular weight is 500 g/mol. The van der Waals surface area contributed by atoms with Crippen molar-refractivity contribution >= 4 is 33.2 Å². The monoisotopic (exact) mass is 500 g/mol. The fourth-order valence-corrected chi connectivity index (χ4v) is 4.11. The van der Waals surface area contributed by atoms with Crippen LogP contribution in [0.25, 0.3) is 0 Å². The molecular formula is C26H24B2F2N4O3. The Morgan fingerprint density at radius 1 is 1.11 bits per heavy atom. The van der Waals surface area contributed by atoms with Crippen LogP contribution in [0.1, 0.15) is 44.7 Å². The van der Waals surface area contributed by atoms with Crippen LogP contribution >= 0.6 is 0 Å². The lowest BCUT2D eigenvalue weighted by molar-refractivity contribution is -0.0661. The predicted molar refractivity (Wildman–Crippen MR) is 137 cm³/mol. The first kappa shape index (κ1) is 26.3. The van der Waals surface area contributed by atoms with E-state index >= 15 is 0 Å². The Kier molecular flexibility index (Phi) is 7.63. The summed E-state index contributed by atoms with van der Waals surface area (Å²) in [6.07, 6.45) is 3.01. The lowest BCUT2D eigenvalue weighted by Crippen LogP contribution is -2.41. The first-order valence-corrected chi connectivity index (χ1v) is 11.6. The zero-order valence-electron chi connectivity index (χ0n) is 20.0. The van der Waals surface area contributed by atoms with E-state index < -0.39 is 17.2 Å². The third-order valence-corrected chi connectivity index (χ3v) is 5.95. The molecule has 37 heavy (non-hydrogen) atoms. The van der Waals surface area contributed by atoms with Crippen molar-refractivity contribution in [2.45, 2.75) is 30.7 Å². The number of alkyl halides is 2. The number of ether oxygens (including phenoxy) is 1. The van der Waals surface area contributed by atoms with Crippen molar-refractivity contribution in [3.63, 3.8) is 0 Å². The smallest absolute Gasteiger partial charge is 0.260 e. The highest BCUT2D eigenvalue weighted by molar-refractivity contribution is 6.39. The molecule has 2 heterocycles. The molecule has 186 valence electrons. The van der Waals surface area contributed by atoms with Crippen molar-refractivity contribution in [3.8, 4) is 5.75 Å². The van der Waals surface area contributed by atoms with Gasteiger partial charge in [0.15, 0.2) is 0 Å². The molecule has 7 nitrogen and oxygen atoms in total. The number of nitrogens with zero attached hydrogens (tertiary/aromatic N) is 2. The number of likely N-dealkylation sites (tertiary alicyclic amines) is 1. The molecule has 0 aliphatic carbocycles. The molecule has 0 saturated carbocycles. The Morgan fingerprint density at radius 2 is 1.86 bits per heavy atom. The number of anilines is 1. The molecule has 1 aliphatic rings. The Hall–Kier alpha value is -3.72. The molecule has 0 unspecified atom stereocenters. The number of halogens is 2. The van der Waals surface area contributed by atoms with E-state index in [0.717, 1.165) is 5.56 Å². The van der Waals surface area contributed by atoms with Gasteiger partial charge in [0.2, 0.25) is 5.91 Å². The van der Waals surface area contributed by atoms with Crippen LogP contribution in [0.2, 0.25) is 0 Å². The van der Waals surface area contributed by atoms with Crippen molar-refractivity contribution in [3.05, 3.63) is 89.2 Å². The van der Waals surface area contributed by atoms with Gasteiger partial charge in [-0.05, 0) is 54.4 Å². The molecule has 0 bridgehead atoms. The number of rotatable bonds is 8. The zero-order valence-corrected chi connectivity index (χ0v) is 20.0. The molecule has 2 aromatic carbocycles. The van der Waals surface area contributed by atoms with Crippen LogP contribution in [0.3, 0.4) is 0 Å². The maximum absolute atomic E-state index is 13.7. The lowest BCUT2D eigenvalue weighted by Gasteiger charge is -2.32. The number of piperidine rings is 1. The number of aromatic nitrogens is 1. The minimum absolute atomic E-state index is 0.0783. The second-order valence-corrected chi connectivity index (χ2v) is 9.07. The van der Waals surface area contributed by atoms with E-state index in [2.05, 4.69) is 10.3 Å². The van der Waals surface area contributed by atoms with E-state index in [0.29, 0.717) is 36.3 Å². The van der Waals surface area contributed by atoms with Crippen LogP contribution in [-0.4, -0.2) is 56.4 Å². The first-order chi connectivity index (χ1) is 17.5. The molecule has 1 aromatic heterocycles. The lowest BCUT2D eigenvalue weighted by atomic mass is 9.61. The largest absolute Gasteiger partial charge is 0.501 e. The molecule has 2 amide bonds. The highest BCUT2D eigenvalue weighted by atomic mass is 19.3. The maximum atomic E-state index is 13.7. The van der Waals surface area contributed by atoms with Gasteiger partial charge in [0.25, 0.3) is 11.8 Å². The van der Waals surface area contributed by atoms with Gasteiger partial charge in [-0.25, -0.2) is 8.78 Å². The predicted octanol–water partition coefficient (Wildman–Crippen LogP) is 3.19. The van der Waals surface area contributed by atoms with Crippen LogP contribution in [0.4, 0.5) is 14.5 Å². The minimum atomic E-state index is -2.66. The highest BCUT2D eigenvalue weighted by Crippen LogP contribution is 2.28. The van der Waals surface area contributed by atoms with Crippen LogP contribution in [0.5, 0.6) is 5.75 Å². The Labute approximate surface area is 216 Å². The second-order valence-electron chi connectivity index (χ2n) is 9.07. The molecule has 4 radical (unpaired) electrons. The summed E-state index contributed by atoms with van der Waals surface area (Å²) in [5, 5.41) is 0.981. The van der Waals surface area contributed by atoms with Gasteiger partial charge in [0, 0.05) is 35.8 Å². The number of hydrogen-bond donors (Lipinski definition) is 2. The molecule has 0 atom stereocenters. The third kappa shape index (κ3) is 6.95. The van der Waals surface area contributed by atoms with Crippen LogP contribution in [-0.2, 0) is 11.9 Å². The summed E-state index contributed by atoms with van der Waals surface area (Å²) < 4.78 is 32.9. The molecule has 3 aromatic rings. The van der Waals surface area contributed by atoms with Crippen molar-refractivity contribution in [1.82, 2.24) is 9.88 Å². The van der Waals surface area contributed by atoms with Crippen molar-refractivity contribution in [1.29, 1.82) is 0 Å². The van der Waals surface area contributed by atoms with E-state index in [9.17, 15) is 18.4 Å². The van der Waals surface area contributed by atoms with Crippen molar-refractivity contribution in [2.75, 3.05) is 18.4 Å². The number of primary amides is 1. The molecule has 11 heteroatoms. The van der Waals surface area contributed by atoms with Crippen LogP contribution in [0.15, 0.2) is 67.0 Å².